The first-order valence-electron chi connectivity index (χ1n) is 7.74. The normalized spacial score (nSPS) is 10.5. The van der Waals surface area contributed by atoms with Crippen LogP contribution in [0.25, 0.3) is 0 Å². The van der Waals surface area contributed by atoms with Crippen molar-refractivity contribution in [2.24, 2.45) is 0 Å². The van der Waals surface area contributed by atoms with Gasteiger partial charge in [-0.25, -0.2) is 0 Å². The molecule has 0 amide bonds. The van der Waals surface area contributed by atoms with E-state index in [-0.39, 0.29) is 0 Å². The van der Waals surface area contributed by atoms with Crippen molar-refractivity contribution in [3.05, 3.63) is 22.2 Å². The summed E-state index contributed by atoms with van der Waals surface area (Å²) in [5.74, 6) is 0.791. The highest BCUT2D eigenvalue weighted by Gasteiger charge is 2.08. The molecule has 118 valence electrons. The summed E-state index contributed by atoms with van der Waals surface area (Å²) in [6.07, 6.45) is 10.2. The Morgan fingerprint density at radius 3 is 2.43 bits per heavy atom. The molecule has 1 rings (SSSR count). The molecule has 0 saturated heterocycles. The number of allylic oxidation sites excluding steroid dienone is 1. The van der Waals surface area contributed by atoms with E-state index in [4.69, 9.17) is 24.4 Å². The van der Waals surface area contributed by atoms with E-state index in [1.54, 1.807) is 0 Å². The van der Waals surface area contributed by atoms with Gasteiger partial charge in [-0.1, -0.05) is 32.3 Å². The Morgan fingerprint density at radius 1 is 1.10 bits per heavy atom. The summed E-state index contributed by atoms with van der Waals surface area (Å²) in [5.41, 5.74) is 0. The van der Waals surface area contributed by atoms with Gasteiger partial charge in [0, 0.05) is 13.1 Å². The van der Waals surface area contributed by atoms with Crippen LogP contribution in [0.5, 0.6) is 0 Å². The van der Waals surface area contributed by atoms with E-state index in [0.717, 1.165) is 38.3 Å². The van der Waals surface area contributed by atoms with Crippen LogP contribution >= 0.6 is 24.4 Å². The summed E-state index contributed by atoms with van der Waals surface area (Å²) < 4.78 is 0.980. The van der Waals surface area contributed by atoms with E-state index in [1.165, 1.54) is 25.7 Å². The first kappa shape index (κ1) is 18.0. The molecule has 1 aromatic heterocycles. The average Bonchev–Trinajstić information content (AvgIpc) is 2.44. The number of hydrogen-bond donors (Lipinski definition) is 2. The van der Waals surface area contributed by atoms with Crippen LogP contribution in [0.3, 0.4) is 0 Å². The molecule has 0 atom stereocenters. The van der Waals surface area contributed by atoms with E-state index >= 15 is 0 Å². The third-order valence-corrected chi connectivity index (χ3v) is 3.72. The molecule has 0 saturated carbocycles. The molecule has 0 unspecified atom stereocenters. The number of aromatic nitrogens is 3. The second kappa shape index (κ2) is 10.7. The van der Waals surface area contributed by atoms with Crippen LogP contribution in [0.4, 0.5) is 5.95 Å². The van der Waals surface area contributed by atoms with Crippen molar-refractivity contribution in [3.8, 4) is 0 Å². The highest BCUT2D eigenvalue weighted by atomic mass is 32.1. The second-order valence-corrected chi connectivity index (χ2v) is 5.95. The molecule has 0 fully saturated rings. The lowest BCUT2D eigenvalue weighted by Crippen LogP contribution is -2.28. The van der Waals surface area contributed by atoms with E-state index in [9.17, 15) is 0 Å². The van der Waals surface area contributed by atoms with E-state index in [2.05, 4.69) is 33.4 Å². The van der Waals surface area contributed by atoms with Crippen LogP contribution in [-0.4, -0.2) is 28.0 Å². The van der Waals surface area contributed by atoms with Gasteiger partial charge in [0.05, 0.1) is 0 Å². The Labute approximate surface area is 137 Å². The van der Waals surface area contributed by atoms with E-state index in [0.29, 0.717) is 9.54 Å². The van der Waals surface area contributed by atoms with Crippen LogP contribution < -0.4 is 4.90 Å². The van der Waals surface area contributed by atoms with Crippen LogP contribution in [0.2, 0.25) is 0 Å². The van der Waals surface area contributed by atoms with Crippen molar-refractivity contribution in [1.29, 1.82) is 0 Å². The van der Waals surface area contributed by atoms with Crippen molar-refractivity contribution in [2.45, 2.75) is 51.9 Å². The Morgan fingerprint density at radius 2 is 1.81 bits per heavy atom. The minimum atomic E-state index is 0.443. The molecule has 0 aromatic carbocycles. The highest BCUT2D eigenvalue weighted by Crippen LogP contribution is 2.11. The van der Waals surface area contributed by atoms with E-state index in [1.807, 2.05) is 6.08 Å². The zero-order chi connectivity index (χ0) is 15.5. The highest BCUT2D eigenvalue weighted by molar-refractivity contribution is 7.71. The molecule has 1 aromatic rings. The molecule has 0 aliphatic carbocycles. The van der Waals surface area contributed by atoms with Gasteiger partial charge >= 0.3 is 0 Å². The SMILES string of the molecule is C=CCCCCN(CCCCCC)c1nc(=S)[nH]c(=S)[nH]1. The summed E-state index contributed by atoms with van der Waals surface area (Å²) in [6, 6.07) is 0. The predicted molar refractivity (Wildman–Crippen MR) is 95.0 cm³/mol. The molecule has 6 heteroatoms. The number of rotatable bonds is 11. The maximum absolute atomic E-state index is 5.16. The Balaban J connectivity index is 2.66. The van der Waals surface area contributed by atoms with Gasteiger partial charge in [-0.05, 0) is 50.1 Å². The summed E-state index contributed by atoms with van der Waals surface area (Å²) in [7, 11) is 0. The first-order valence-corrected chi connectivity index (χ1v) is 8.55. The fourth-order valence-electron chi connectivity index (χ4n) is 2.18. The molecule has 0 radical (unpaired) electrons. The lowest BCUT2D eigenvalue weighted by Gasteiger charge is -2.23. The summed E-state index contributed by atoms with van der Waals surface area (Å²) >= 11 is 10.3. The van der Waals surface area contributed by atoms with E-state index < -0.39 is 0 Å². The van der Waals surface area contributed by atoms with Crippen LogP contribution in [-0.2, 0) is 0 Å². The Kier molecular flexibility index (Phi) is 9.17. The molecule has 1 heterocycles. The minimum absolute atomic E-state index is 0.443. The molecule has 2 N–H and O–H groups in total. The average molecular weight is 327 g/mol. The van der Waals surface area contributed by atoms with Crippen LogP contribution in [0.1, 0.15) is 51.9 Å². The van der Waals surface area contributed by atoms with Crippen LogP contribution in [0.15, 0.2) is 12.7 Å². The van der Waals surface area contributed by atoms with Gasteiger partial charge < -0.3 is 14.9 Å². The van der Waals surface area contributed by atoms with Gasteiger partial charge in [-0.2, -0.15) is 4.98 Å². The Bertz CT molecular complexity index is 493. The third-order valence-electron chi connectivity index (χ3n) is 3.32. The van der Waals surface area contributed by atoms with Crippen molar-refractivity contribution in [2.75, 3.05) is 18.0 Å². The van der Waals surface area contributed by atoms with Crippen molar-refractivity contribution in [3.63, 3.8) is 0 Å². The van der Waals surface area contributed by atoms with Crippen molar-refractivity contribution >= 4 is 30.4 Å². The summed E-state index contributed by atoms with van der Waals surface area (Å²) in [6.45, 7) is 7.95. The van der Waals surface area contributed by atoms with Crippen molar-refractivity contribution < 1.29 is 0 Å². The lowest BCUT2D eigenvalue weighted by atomic mass is 10.2. The molecular formula is C15H26N4S2. The summed E-state index contributed by atoms with van der Waals surface area (Å²) in [5, 5.41) is 0. The largest absolute Gasteiger partial charge is 0.342 e. The fraction of sp³-hybridized carbons (Fsp3) is 0.667. The molecular weight excluding hydrogens is 300 g/mol. The minimum Gasteiger partial charge on any atom is -0.342 e. The molecule has 0 aliphatic rings. The third kappa shape index (κ3) is 7.52. The quantitative estimate of drug-likeness (QED) is 0.343. The predicted octanol–water partition coefficient (Wildman–Crippen LogP) is 4.94. The van der Waals surface area contributed by atoms with Crippen LogP contribution in [0, 0.1) is 9.54 Å². The van der Waals surface area contributed by atoms with Gasteiger partial charge in [0.2, 0.25) is 10.7 Å². The first-order chi connectivity index (χ1) is 10.2. The van der Waals surface area contributed by atoms with Gasteiger partial charge in [0.15, 0.2) is 4.77 Å². The standard InChI is InChI=1S/C15H26N4S2/c1-3-5-7-9-11-19(12-10-8-6-4-2)13-16-14(20)18-15(21)17-13/h3H,1,4-12H2,2H3,(H2,16,17,18,20,21). The van der Waals surface area contributed by atoms with Crippen molar-refractivity contribution in [1.82, 2.24) is 15.0 Å². The number of nitrogens with zero attached hydrogens (tertiary/aromatic N) is 2. The topological polar surface area (TPSA) is 47.7 Å². The molecule has 21 heavy (non-hydrogen) atoms. The maximum Gasteiger partial charge on any atom is 0.207 e. The number of H-pyrrole nitrogens is 2. The monoisotopic (exact) mass is 326 g/mol. The van der Waals surface area contributed by atoms with Gasteiger partial charge in [-0.3, -0.25) is 0 Å². The lowest BCUT2D eigenvalue weighted by molar-refractivity contribution is 0.614. The Hall–Kier alpha value is -1.01. The molecule has 0 spiro atoms. The van der Waals surface area contributed by atoms with Gasteiger partial charge in [0.1, 0.15) is 0 Å². The number of nitrogens with one attached hydrogen (secondary N) is 2. The molecule has 4 nitrogen and oxygen atoms in total. The summed E-state index contributed by atoms with van der Waals surface area (Å²) in [4.78, 5) is 12.6. The number of aromatic amines is 2. The maximum atomic E-state index is 5.16. The fourth-order valence-corrected chi connectivity index (χ4v) is 2.62. The smallest absolute Gasteiger partial charge is 0.207 e. The van der Waals surface area contributed by atoms with Gasteiger partial charge in [-0.15, -0.1) is 6.58 Å². The number of hydrogen-bond acceptors (Lipinski definition) is 4. The zero-order valence-corrected chi connectivity index (χ0v) is 14.5. The molecule has 0 aliphatic heterocycles. The van der Waals surface area contributed by atoms with Gasteiger partial charge in [0.25, 0.3) is 0 Å². The number of anilines is 1. The zero-order valence-electron chi connectivity index (χ0n) is 12.9. The second-order valence-electron chi connectivity index (χ2n) is 5.15. The number of unbranched alkanes of at least 4 members (excludes halogenated alkanes) is 5. The molecule has 0 bridgehead atoms.